The fourth-order valence-electron chi connectivity index (χ4n) is 1.83. The maximum Gasteiger partial charge on any atom is 0.246 e. The number of nitrogens with one attached hydrogen (secondary N) is 1. The Labute approximate surface area is 156 Å². The molecule has 2 aromatic heterocycles. The number of benzene rings is 1. The van der Waals surface area contributed by atoms with Gasteiger partial charge < -0.3 is 0 Å². The van der Waals surface area contributed by atoms with Crippen molar-refractivity contribution in [1.29, 1.82) is 0 Å². The van der Waals surface area contributed by atoms with Crippen molar-refractivity contribution < 1.29 is 4.79 Å². The molecule has 0 fully saturated rings. The number of rotatable bonds is 4. The summed E-state index contributed by atoms with van der Waals surface area (Å²) in [4.78, 5) is 16.2. The Morgan fingerprint density at radius 2 is 2.08 bits per heavy atom. The first-order valence-electron chi connectivity index (χ1n) is 6.89. The zero-order valence-electron chi connectivity index (χ0n) is 12.7. The minimum atomic E-state index is -1.00. The third-order valence-electron chi connectivity index (χ3n) is 3.03. The van der Waals surface area contributed by atoms with Crippen LogP contribution in [0.15, 0.2) is 39.7 Å². The van der Waals surface area contributed by atoms with Crippen LogP contribution in [0.4, 0.5) is 5.13 Å². The van der Waals surface area contributed by atoms with Crippen LogP contribution in [0.2, 0.25) is 5.02 Å². The molecule has 0 aliphatic heterocycles. The number of hydrogen-bond acceptors (Lipinski definition) is 6. The quantitative estimate of drug-likeness (QED) is 0.502. The van der Waals surface area contributed by atoms with Crippen molar-refractivity contribution in [3.8, 4) is 0 Å². The molecule has 0 atom stereocenters. The first-order chi connectivity index (χ1) is 11.3. The standard InChI is InChI=1S/C15H12Cl2N4OS2/c1-15(2,17)12(22)19-13-20-21-14(24-13)23-11-5-6-18-10-7-8(16)3-4-9(10)11/h3-7H,1-2H3,(H,19,20,22). The van der Waals surface area contributed by atoms with Crippen LogP contribution >= 0.6 is 46.3 Å². The van der Waals surface area contributed by atoms with Crippen LogP contribution in [-0.2, 0) is 4.79 Å². The van der Waals surface area contributed by atoms with Crippen molar-refractivity contribution >= 4 is 68.2 Å². The van der Waals surface area contributed by atoms with Gasteiger partial charge in [0.05, 0.1) is 5.52 Å². The first-order valence-corrected chi connectivity index (χ1v) is 9.28. The van der Waals surface area contributed by atoms with Gasteiger partial charge in [-0.3, -0.25) is 15.1 Å². The first kappa shape index (κ1) is 17.4. The number of hydrogen-bond donors (Lipinski definition) is 1. The van der Waals surface area contributed by atoms with E-state index in [0.29, 0.717) is 14.5 Å². The van der Waals surface area contributed by atoms with Gasteiger partial charge in [0, 0.05) is 21.5 Å². The highest BCUT2D eigenvalue weighted by Gasteiger charge is 2.25. The molecule has 1 amide bonds. The molecule has 0 bridgehead atoms. The van der Waals surface area contributed by atoms with Crippen LogP contribution in [-0.4, -0.2) is 26.0 Å². The second-order valence-electron chi connectivity index (χ2n) is 5.37. The van der Waals surface area contributed by atoms with Gasteiger partial charge in [0.1, 0.15) is 4.87 Å². The molecule has 24 heavy (non-hydrogen) atoms. The van der Waals surface area contributed by atoms with Gasteiger partial charge in [0.2, 0.25) is 11.0 Å². The molecular formula is C15H12Cl2N4OS2. The summed E-state index contributed by atoms with van der Waals surface area (Å²) in [6, 6.07) is 7.47. The Morgan fingerprint density at radius 1 is 1.29 bits per heavy atom. The molecule has 2 heterocycles. The largest absolute Gasteiger partial charge is 0.299 e. The van der Waals surface area contributed by atoms with Crippen molar-refractivity contribution in [3.63, 3.8) is 0 Å². The molecule has 0 aliphatic rings. The van der Waals surface area contributed by atoms with Gasteiger partial charge in [-0.25, -0.2) is 0 Å². The molecule has 3 aromatic rings. The van der Waals surface area contributed by atoms with E-state index < -0.39 is 4.87 Å². The van der Waals surface area contributed by atoms with Crippen molar-refractivity contribution in [2.45, 2.75) is 28.0 Å². The summed E-state index contributed by atoms with van der Waals surface area (Å²) >= 11 is 14.7. The van der Waals surface area contributed by atoms with E-state index in [-0.39, 0.29) is 5.91 Å². The Kier molecular flexibility index (Phi) is 4.96. The molecule has 3 rings (SSSR count). The highest BCUT2D eigenvalue weighted by Crippen LogP contribution is 2.36. The van der Waals surface area contributed by atoms with Gasteiger partial charge in [-0.2, -0.15) is 0 Å². The number of carbonyl (C=O) groups is 1. The van der Waals surface area contributed by atoms with E-state index in [4.69, 9.17) is 23.2 Å². The second-order valence-corrected chi connectivity index (χ2v) is 9.02. The third-order valence-corrected chi connectivity index (χ3v) is 5.40. The molecule has 9 heteroatoms. The predicted molar refractivity (Wildman–Crippen MR) is 99.3 cm³/mol. The van der Waals surface area contributed by atoms with Crippen LogP contribution < -0.4 is 5.32 Å². The Bertz CT molecular complexity index is 908. The number of anilines is 1. The summed E-state index contributed by atoms with van der Waals surface area (Å²) < 4.78 is 0.708. The van der Waals surface area contributed by atoms with E-state index >= 15 is 0 Å². The fourth-order valence-corrected chi connectivity index (χ4v) is 3.87. The summed E-state index contributed by atoms with van der Waals surface area (Å²) in [5.41, 5.74) is 0.814. The minimum absolute atomic E-state index is 0.319. The zero-order chi connectivity index (χ0) is 17.3. The van der Waals surface area contributed by atoms with E-state index in [0.717, 1.165) is 15.8 Å². The summed E-state index contributed by atoms with van der Waals surface area (Å²) in [5, 5.41) is 12.8. The maximum atomic E-state index is 11.9. The normalized spacial score (nSPS) is 11.7. The van der Waals surface area contributed by atoms with E-state index in [2.05, 4.69) is 20.5 Å². The lowest BCUT2D eigenvalue weighted by Crippen LogP contribution is -2.31. The summed E-state index contributed by atoms with van der Waals surface area (Å²) in [5.74, 6) is -0.319. The molecule has 124 valence electrons. The van der Waals surface area contributed by atoms with Gasteiger partial charge in [-0.05, 0) is 32.0 Å². The number of fused-ring (bicyclic) bond motifs is 1. The fraction of sp³-hybridized carbons (Fsp3) is 0.200. The van der Waals surface area contributed by atoms with Crippen LogP contribution in [0, 0.1) is 0 Å². The van der Waals surface area contributed by atoms with Crippen LogP contribution in [0.3, 0.4) is 0 Å². The number of pyridine rings is 1. The number of alkyl halides is 1. The highest BCUT2D eigenvalue weighted by molar-refractivity contribution is 8.01. The predicted octanol–water partition coefficient (Wildman–Crippen LogP) is 4.85. The summed E-state index contributed by atoms with van der Waals surface area (Å²) in [7, 11) is 0. The number of amides is 1. The highest BCUT2D eigenvalue weighted by atomic mass is 35.5. The zero-order valence-corrected chi connectivity index (χ0v) is 15.9. The Morgan fingerprint density at radius 3 is 2.83 bits per heavy atom. The van der Waals surface area contributed by atoms with Crippen molar-refractivity contribution in [1.82, 2.24) is 15.2 Å². The van der Waals surface area contributed by atoms with Gasteiger partial charge in [-0.15, -0.1) is 21.8 Å². The average Bonchev–Trinajstić information content (AvgIpc) is 2.93. The van der Waals surface area contributed by atoms with Crippen molar-refractivity contribution in [2.75, 3.05) is 5.32 Å². The molecule has 0 radical (unpaired) electrons. The number of aromatic nitrogens is 3. The topological polar surface area (TPSA) is 67.8 Å². The SMILES string of the molecule is CC(C)(Cl)C(=O)Nc1nnc(Sc2ccnc3cc(Cl)ccc23)s1. The molecule has 1 N–H and O–H groups in total. The maximum absolute atomic E-state index is 11.9. The molecule has 0 unspecified atom stereocenters. The lowest BCUT2D eigenvalue weighted by atomic mass is 10.2. The smallest absolute Gasteiger partial charge is 0.246 e. The van der Waals surface area contributed by atoms with Gasteiger partial charge in [0.25, 0.3) is 0 Å². The van der Waals surface area contributed by atoms with Crippen molar-refractivity contribution in [3.05, 3.63) is 35.5 Å². The van der Waals surface area contributed by atoms with Crippen LogP contribution in [0.1, 0.15) is 13.8 Å². The third kappa shape index (κ3) is 3.97. The minimum Gasteiger partial charge on any atom is -0.299 e. The van der Waals surface area contributed by atoms with Crippen molar-refractivity contribution in [2.24, 2.45) is 0 Å². The molecule has 0 saturated carbocycles. The van der Waals surface area contributed by atoms with E-state index in [1.54, 1.807) is 20.0 Å². The number of nitrogens with zero attached hydrogens (tertiary/aromatic N) is 3. The van der Waals surface area contributed by atoms with Gasteiger partial charge in [0.15, 0.2) is 4.34 Å². The molecule has 5 nitrogen and oxygen atoms in total. The summed E-state index contributed by atoms with van der Waals surface area (Å²) in [6.45, 7) is 3.24. The monoisotopic (exact) mass is 398 g/mol. The molecule has 0 spiro atoms. The molecule has 1 aromatic carbocycles. The number of carbonyl (C=O) groups excluding carboxylic acids is 1. The van der Waals surface area contributed by atoms with Gasteiger partial charge >= 0.3 is 0 Å². The lowest BCUT2D eigenvalue weighted by molar-refractivity contribution is -0.117. The average molecular weight is 399 g/mol. The Hall–Kier alpha value is -1.41. The molecule has 0 saturated heterocycles. The van der Waals surface area contributed by atoms with E-state index in [1.807, 2.05) is 24.3 Å². The second kappa shape index (κ2) is 6.84. The molecule has 0 aliphatic carbocycles. The summed E-state index contributed by atoms with van der Waals surface area (Å²) in [6.07, 6.45) is 1.72. The van der Waals surface area contributed by atoms with Gasteiger partial charge in [-0.1, -0.05) is 40.8 Å². The lowest BCUT2D eigenvalue weighted by Gasteiger charge is -2.12. The number of halogens is 2. The van der Waals surface area contributed by atoms with Crippen LogP contribution in [0.25, 0.3) is 10.9 Å². The van der Waals surface area contributed by atoms with Crippen LogP contribution in [0.5, 0.6) is 0 Å². The molecular weight excluding hydrogens is 387 g/mol. The van der Waals surface area contributed by atoms with E-state index in [1.165, 1.54) is 23.1 Å². The van der Waals surface area contributed by atoms with E-state index in [9.17, 15) is 4.79 Å². The Balaban J connectivity index is 1.82.